The van der Waals surface area contributed by atoms with Gasteiger partial charge in [-0.3, -0.25) is 4.79 Å². The number of nitrogens with one attached hydrogen (secondary N) is 1. The van der Waals surface area contributed by atoms with Gasteiger partial charge in [-0.1, -0.05) is 0 Å². The van der Waals surface area contributed by atoms with Crippen molar-refractivity contribution in [3.63, 3.8) is 0 Å². The van der Waals surface area contributed by atoms with Crippen molar-refractivity contribution in [3.05, 3.63) is 34.5 Å². The summed E-state index contributed by atoms with van der Waals surface area (Å²) in [6.07, 6.45) is 1.45. The van der Waals surface area contributed by atoms with Crippen LogP contribution in [0.5, 0.6) is 0 Å². The molecule has 0 spiro atoms. The molecule has 0 saturated carbocycles. The lowest BCUT2D eigenvalue weighted by Gasteiger charge is -1.93. The number of aromatic nitrogens is 3. The van der Waals surface area contributed by atoms with Crippen LogP contribution in [0.15, 0.2) is 27.6 Å². The number of hydrogen-bond donors (Lipinski definition) is 1. The molecular formula is C10H9N3O4. The number of esters is 1. The number of rotatable bonds is 3. The van der Waals surface area contributed by atoms with Crippen molar-refractivity contribution in [2.75, 3.05) is 6.61 Å². The number of aromatic amines is 1. The van der Waals surface area contributed by atoms with Crippen molar-refractivity contribution in [3.8, 4) is 11.5 Å². The highest BCUT2D eigenvalue weighted by Gasteiger charge is 2.16. The molecule has 7 nitrogen and oxygen atoms in total. The van der Waals surface area contributed by atoms with E-state index in [0.717, 1.165) is 0 Å². The van der Waals surface area contributed by atoms with Gasteiger partial charge in [0.1, 0.15) is 0 Å². The zero-order chi connectivity index (χ0) is 12.3. The van der Waals surface area contributed by atoms with Gasteiger partial charge in [0.25, 0.3) is 11.7 Å². The van der Waals surface area contributed by atoms with E-state index in [1.54, 1.807) is 13.0 Å². The van der Waals surface area contributed by atoms with E-state index < -0.39 is 5.97 Å². The molecule has 17 heavy (non-hydrogen) atoms. The van der Waals surface area contributed by atoms with Gasteiger partial charge in [-0.15, -0.1) is 0 Å². The van der Waals surface area contributed by atoms with Crippen molar-refractivity contribution in [1.29, 1.82) is 0 Å². The smallest absolute Gasteiger partial charge is 0.379 e. The molecule has 2 aromatic heterocycles. The van der Waals surface area contributed by atoms with Gasteiger partial charge in [0.05, 0.1) is 6.61 Å². The summed E-state index contributed by atoms with van der Waals surface area (Å²) in [4.78, 5) is 28.6. The fourth-order valence-electron chi connectivity index (χ4n) is 1.20. The molecule has 88 valence electrons. The molecule has 7 heteroatoms. The van der Waals surface area contributed by atoms with Gasteiger partial charge in [-0.25, -0.2) is 4.79 Å². The van der Waals surface area contributed by atoms with E-state index in [0.29, 0.717) is 5.56 Å². The monoisotopic (exact) mass is 235 g/mol. The molecule has 0 aliphatic rings. The van der Waals surface area contributed by atoms with Crippen LogP contribution in [0, 0.1) is 0 Å². The van der Waals surface area contributed by atoms with E-state index in [-0.39, 0.29) is 23.9 Å². The van der Waals surface area contributed by atoms with E-state index in [1.165, 1.54) is 12.3 Å². The van der Waals surface area contributed by atoms with E-state index in [9.17, 15) is 9.59 Å². The van der Waals surface area contributed by atoms with Crippen molar-refractivity contribution < 1.29 is 14.1 Å². The SMILES string of the molecule is CCOC(=O)c1noc(-c2cc[nH]c(=O)c2)n1. The molecule has 1 N–H and O–H groups in total. The Kier molecular flexibility index (Phi) is 2.99. The first-order valence-electron chi connectivity index (χ1n) is 4.90. The van der Waals surface area contributed by atoms with Crippen LogP contribution < -0.4 is 5.56 Å². The van der Waals surface area contributed by atoms with Crippen LogP contribution in [0.4, 0.5) is 0 Å². The average Bonchev–Trinajstić information content (AvgIpc) is 2.78. The van der Waals surface area contributed by atoms with Crippen LogP contribution in [0.2, 0.25) is 0 Å². The highest BCUT2D eigenvalue weighted by atomic mass is 16.5. The van der Waals surface area contributed by atoms with Gasteiger partial charge in [0.2, 0.25) is 5.56 Å². The molecule has 0 aromatic carbocycles. The lowest BCUT2D eigenvalue weighted by Crippen LogP contribution is -2.06. The van der Waals surface area contributed by atoms with Crippen molar-refractivity contribution >= 4 is 5.97 Å². The van der Waals surface area contributed by atoms with Crippen LogP contribution in [0.25, 0.3) is 11.5 Å². The first kappa shape index (κ1) is 11.1. The molecule has 0 unspecified atom stereocenters. The van der Waals surface area contributed by atoms with Crippen molar-refractivity contribution in [1.82, 2.24) is 15.1 Å². The number of carbonyl (C=O) groups is 1. The van der Waals surface area contributed by atoms with Crippen LogP contribution in [-0.4, -0.2) is 27.7 Å². The Labute approximate surface area is 95.4 Å². The topological polar surface area (TPSA) is 98.1 Å². The standard InChI is InChI=1S/C10H9N3O4/c1-2-16-10(15)8-12-9(17-13-8)6-3-4-11-7(14)5-6/h3-5H,2H2,1H3,(H,11,14). The minimum atomic E-state index is -0.660. The van der Waals surface area contributed by atoms with Gasteiger partial charge in [-0.2, -0.15) is 4.98 Å². The molecule has 0 radical (unpaired) electrons. The maximum Gasteiger partial charge on any atom is 0.379 e. The first-order chi connectivity index (χ1) is 8.20. The quantitative estimate of drug-likeness (QED) is 0.782. The second kappa shape index (κ2) is 4.60. The zero-order valence-electron chi connectivity index (χ0n) is 8.97. The molecule has 0 atom stereocenters. The lowest BCUT2D eigenvalue weighted by molar-refractivity contribution is 0.0508. The Balaban J connectivity index is 2.30. The summed E-state index contributed by atoms with van der Waals surface area (Å²) < 4.78 is 9.57. The highest BCUT2D eigenvalue weighted by Crippen LogP contribution is 2.14. The second-order valence-electron chi connectivity index (χ2n) is 3.09. The first-order valence-corrected chi connectivity index (χ1v) is 4.90. The molecule has 0 saturated heterocycles. The number of pyridine rings is 1. The largest absolute Gasteiger partial charge is 0.460 e. The van der Waals surface area contributed by atoms with Gasteiger partial charge >= 0.3 is 5.97 Å². The van der Waals surface area contributed by atoms with E-state index >= 15 is 0 Å². The van der Waals surface area contributed by atoms with Crippen LogP contribution in [0.1, 0.15) is 17.5 Å². The predicted molar refractivity (Wildman–Crippen MR) is 56.3 cm³/mol. The van der Waals surface area contributed by atoms with Gasteiger partial charge < -0.3 is 14.2 Å². The maximum absolute atomic E-state index is 11.3. The number of H-pyrrole nitrogens is 1. The van der Waals surface area contributed by atoms with Crippen LogP contribution >= 0.6 is 0 Å². The minimum absolute atomic E-state index is 0.0964. The molecule has 2 heterocycles. The molecule has 0 aliphatic carbocycles. The molecular weight excluding hydrogens is 226 g/mol. The van der Waals surface area contributed by atoms with Crippen molar-refractivity contribution in [2.45, 2.75) is 6.92 Å². The third-order valence-electron chi connectivity index (χ3n) is 1.91. The Morgan fingerprint density at radius 3 is 3.12 bits per heavy atom. The van der Waals surface area contributed by atoms with E-state index in [2.05, 4.69) is 15.1 Å². The van der Waals surface area contributed by atoms with E-state index in [4.69, 9.17) is 9.26 Å². The summed E-state index contributed by atoms with van der Waals surface area (Å²) >= 11 is 0. The summed E-state index contributed by atoms with van der Waals surface area (Å²) in [6, 6.07) is 2.88. The van der Waals surface area contributed by atoms with Gasteiger partial charge in [0.15, 0.2) is 0 Å². The summed E-state index contributed by atoms with van der Waals surface area (Å²) in [5, 5.41) is 3.47. The molecule has 0 fully saturated rings. The lowest BCUT2D eigenvalue weighted by atomic mass is 10.3. The van der Waals surface area contributed by atoms with Gasteiger partial charge in [0, 0.05) is 17.8 Å². The fourth-order valence-corrected chi connectivity index (χ4v) is 1.20. The predicted octanol–water partition coefficient (Wildman–Crippen LogP) is 0.602. The molecule has 2 rings (SSSR count). The zero-order valence-corrected chi connectivity index (χ0v) is 8.97. The minimum Gasteiger partial charge on any atom is -0.460 e. The Hall–Kier alpha value is -2.44. The Morgan fingerprint density at radius 2 is 2.41 bits per heavy atom. The van der Waals surface area contributed by atoms with Crippen LogP contribution in [0.3, 0.4) is 0 Å². The third-order valence-corrected chi connectivity index (χ3v) is 1.91. The Morgan fingerprint density at radius 1 is 1.59 bits per heavy atom. The molecule has 2 aromatic rings. The molecule has 0 bridgehead atoms. The highest BCUT2D eigenvalue weighted by molar-refractivity contribution is 5.85. The normalized spacial score (nSPS) is 10.2. The average molecular weight is 235 g/mol. The maximum atomic E-state index is 11.3. The summed E-state index contributed by atoms with van der Waals surface area (Å²) in [5.41, 5.74) is 0.148. The Bertz CT molecular complexity index is 587. The van der Waals surface area contributed by atoms with Crippen molar-refractivity contribution in [2.24, 2.45) is 0 Å². The number of hydrogen-bond acceptors (Lipinski definition) is 6. The van der Waals surface area contributed by atoms with Crippen LogP contribution in [-0.2, 0) is 4.74 Å². The second-order valence-corrected chi connectivity index (χ2v) is 3.09. The molecule has 0 amide bonds. The summed E-state index contributed by atoms with van der Waals surface area (Å²) in [7, 11) is 0. The number of nitrogens with zero attached hydrogens (tertiary/aromatic N) is 2. The van der Waals surface area contributed by atoms with Gasteiger partial charge in [-0.05, 0) is 18.1 Å². The number of carbonyl (C=O) groups excluding carboxylic acids is 1. The summed E-state index contributed by atoms with van der Waals surface area (Å²) in [6.45, 7) is 1.91. The summed E-state index contributed by atoms with van der Waals surface area (Å²) in [5.74, 6) is -0.728. The fraction of sp³-hybridized carbons (Fsp3) is 0.200. The van der Waals surface area contributed by atoms with E-state index in [1.807, 2.05) is 0 Å². The number of ether oxygens (including phenoxy) is 1. The molecule has 0 aliphatic heterocycles. The third kappa shape index (κ3) is 2.39.